The molecule has 0 unspecified atom stereocenters. The van der Waals surface area contributed by atoms with Gasteiger partial charge in [0.2, 0.25) is 0 Å². The van der Waals surface area contributed by atoms with Gasteiger partial charge in [0, 0.05) is 12.0 Å². The van der Waals surface area contributed by atoms with E-state index in [2.05, 4.69) is 0 Å². The van der Waals surface area contributed by atoms with Crippen molar-refractivity contribution in [3.8, 4) is 0 Å². The summed E-state index contributed by atoms with van der Waals surface area (Å²) in [5, 5.41) is 0. The van der Waals surface area contributed by atoms with Gasteiger partial charge in [-0.15, -0.1) is 0 Å². The first-order chi connectivity index (χ1) is 6.34. The summed E-state index contributed by atoms with van der Waals surface area (Å²) in [6, 6.07) is 9.29. The number of Topliss-reactive ketones (excluding diaryl/α,β-unsaturated/α-hetero) is 1. The molecule has 0 aliphatic carbocycles. The zero-order valence-corrected chi connectivity index (χ0v) is 7.44. The van der Waals surface area contributed by atoms with Gasteiger partial charge in [-0.05, 0) is 12.6 Å². The highest BCUT2D eigenvalue weighted by Crippen LogP contribution is 2.04. The third kappa shape index (κ3) is 3.11. The van der Waals surface area contributed by atoms with Crippen LogP contribution < -0.4 is 5.73 Å². The van der Waals surface area contributed by atoms with Crippen molar-refractivity contribution in [1.82, 2.24) is 0 Å². The molecule has 0 bridgehead atoms. The van der Waals surface area contributed by atoms with Crippen molar-refractivity contribution in [1.29, 1.82) is 0 Å². The molecule has 68 valence electrons. The van der Waals surface area contributed by atoms with E-state index >= 15 is 0 Å². The van der Waals surface area contributed by atoms with Crippen molar-refractivity contribution in [2.75, 3.05) is 0 Å². The summed E-state index contributed by atoms with van der Waals surface area (Å²) >= 11 is 0. The molecule has 0 amide bonds. The molecule has 0 atom stereocenters. The van der Waals surface area contributed by atoms with Gasteiger partial charge in [0.25, 0.3) is 0 Å². The molecule has 2 nitrogen and oxygen atoms in total. The van der Waals surface area contributed by atoms with Crippen molar-refractivity contribution in [3.63, 3.8) is 0 Å². The van der Waals surface area contributed by atoms with Crippen molar-refractivity contribution in [2.24, 2.45) is 5.73 Å². The molecule has 0 aliphatic heterocycles. The van der Waals surface area contributed by atoms with Gasteiger partial charge in [-0.1, -0.05) is 36.4 Å². The fourth-order valence-corrected chi connectivity index (χ4v) is 1.08. The largest absolute Gasteiger partial charge is 0.405 e. The van der Waals surface area contributed by atoms with Crippen LogP contribution in [0.25, 0.3) is 0 Å². The molecule has 2 heteroatoms. The second kappa shape index (κ2) is 5.14. The van der Waals surface area contributed by atoms with E-state index in [1.54, 1.807) is 6.08 Å². The van der Waals surface area contributed by atoms with Crippen LogP contribution in [0.1, 0.15) is 23.2 Å². The summed E-state index contributed by atoms with van der Waals surface area (Å²) in [6.07, 6.45) is 4.50. The third-order valence-electron chi connectivity index (χ3n) is 1.77. The molecule has 0 heterocycles. The predicted molar refractivity (Wildman–Crippen MR) is 53.3 cm³/mol. The summed E-state index contributed by atoms with van der Waals surface area (Å²) in [5.74, 6) is 0.165. The Hall–Kier alpha value is -1.57. The molecule has 0 spiro atoms. The Bertz CT molecular complexity index is 290. The molecule has 0 aromatic heterocycles. The highest BCUT2D eigenvalue weighted by molar-refractivity contribution is 5.96. The number of carbonyl (C=O) groups is 1. The first kappa shape index (κ1) is 9.52. The number of nitrogens with two attached hydrogens (primary N) is 1. The topological polar surface area (TPSA) is 43.1 Å². The monoisotopic (exact) mass is 175 g/mol. The molecule has 0 fully saturated rings. The lowest BCUT2D eigenvalue weighted by atomic mass is 10.1. The van der Waals surface area contributed by atoms with Crippen LogP contribution in [0.3, 0.4) is 0 Å². The molecule has 0 saturated heterocycles. The Balaban J connectivity index is 2.49. The zero-order valence-electron chi connectivity index (χ0n) is 7.44. The molecule has 1 rings (SSSR count). The number of hydrogen-bond donors (Lipinski definition) is 1. The van der Waals surface area contributed by atoms with Gasteiger partial charge < -0.3 is 5.73 Å². The lowest BCUT2D eigenvalue weighted by Crippen LogP contribution is -1.97. The smallest absolute Gasteiger partial charge is 0.163 e. The second-order valence-corrected chi connectivity index (χ2v) is 2.76. The Labute approximate surface area is 78.1 Å². The zero-order chi connectivity index (χ0) is 9.52. The minimum Gasteiger partial charge on any atom is -0.405 e. The van der Waals surface area contributed by atoms with E-state index in [1.165, 1.54) is 6.20 Å². The number of benzene rings is 1. The van der Waals surface area contributed by atoms with Crippen LogP contribution in [0.5, 0.6) is 0 Å². The Morgan fingerprint density at radius 2 is 2.00 bits per heavy atom. The van der Waals surface area contributed by atoms with Crippen LogP contribution in [-0.4, -0.2) is 5.78 Å². The molecule has 1 aromatic carbocycles. The summed E-state index contributed by atoms with van der Waals surface area (Å²) in [5.41, 5.74) is 5.93. The lowest BCUT2D eigenvalue weighted by molar-refractivity contribution is 0.0983. The van der Waals surface area contributed by atoms with Gasteiger partial charge in [0.15, 0.2) is 5.78 Å². The normalized spacial score (nSPS) is 10.5. The molecule has 13 heavy (non-hydrogen) atoms. The van der Waals surface area contributed by atoms with Crippen molar-refractivity contribution in [2.45, 2.75) is 12.8 Å². The maximum absolute atomic E-state index is 11.4. The first-order valence-electron chi connectivity index (χ1n) is 4.29. The van der Waals surface area contributed by atoms with Gasteiger partial charge in [-0.3, -0.25) is 4.79 Å². The molecule has 0 radical (unpaired) electrons. The van der Waals surface area contributed by atoms with Gasteiger partial charge in [-0.25, -0.2) is 0 Å². The van der Waals surface area contributed by atoms with Gasteiger partial charge in [0.1, 0.15) is 0 Å². The number of hydrogen-bond acceptors (Lipinski definition) is 2. The van der Waals surface area contributed by atoms with E-state index in [0.717, 1.165) is 5.56 Å². The molecular weight excluding hydrogens is 162 g/mol. The quantitative estimate of drug-likeness (QED) is 0.712. The van der Waals surface area contributed by atoms with E-state index in [4.69, 9.17) is 5.73 Å². The average molecular weight is 175 g/mol. The number of ketones is 1. The minimum atomic E-state index is 0.165. The SMILES string of the molecule is NC=CCCC(=O)c1ccccc1. The highest BCUT2D eigenvalue weighted by atomic mass is 16.1. The maximum Gasteiger partial charge on any atom is 0.163 e. The fourth-order valence-electron chi connectivity index (χ4n) is 1.08. The Kier molecular flexibility index (Phi) is 3.76. The Morgan fingerprint density at radius 1 is 1.31 bits per heavy atom. The van der Waals surface area contributed by atoms with Crippen molar-refractivity contribution in [3.05, 3.63) is 48.2 Å². The summed E-state index contributed by atoms with van der Waals surface area (Å²) in [7, 11) is 0. The van der Waals surface area contributed by atoms with Crippen molar-refractivity contribution < 1.29 is 4.79 Å². The molecule has 1 aromatic rings. The van der Waals surface area contributed by atoms with Crippen LogP contribution >= 0.6 is 0 Å². The minimum absolute atomic E-state index is 0.165. The molecular formula is C11H13NO. The standard InChI is InChI=1S/C11H13NO/c12-9-5-4-8-11(13)10-6-2-1-3-7-10/h1-3,5-7,9H,4,8,12H2. The molecule has 0 saturated carbocycles. The van der Waals surface area contributed by atoms with Crippen LogP contribution in [-0.2, 0) is 0 Å². The van der Waals surface area contributed by atoms with Gasteiger partial charge >= 0.3 is 0 Å². The van der Waals surface area contributed by atoms with E-state index in [9.17, 15) is 4.79 Å². The van der Waals surface area contributed by atoms with E-state index in [0.29, 0.717) is 12.8 Å². The highest BCUT2D eigenvalue weighted by Gasteiger charge is 2.01. The van der Waals surface area contributed by atoms with Crippen LogP contribution in [0, 0.1) is 0 Å². The number of carbonyl (C=O) groups excluding carboxylic acids is 1. The summed E-state index contributed by atoms with van der Waals surface area (Å²) < 4.78 is 0. The van der Waals surface area contributed by atoms with E-state index in [-0.39, 0.29) is 5.78 Å². The van der Waals surface area contributed by atoms with Crippen LogP contribution in [0.2, 0.25) is 0 Å². The van der Waals surface area contributed by atoms with E-state index in [1.807, 2.05) is 30.3 Å². The predicted octanol–water partition coefficient (Wildman–Crippen LogP) is 2.12. The maximum atomic E-state index is 11.4. The molecule has 0 aliphatic rings. The van der Waals surface area contributed by atoms with Crippen LogP contribution in [0.4, 0.5) is 0 Å². The summed E-state index contributed by atoms with van der Waals surface area (Å²) in [4.78, 5) is 11.4. The summed E-state index contributed by atoms with van der Waals surface area (Å²) in [6.45, 7) is 0. The second-order valence-electron chi connectivity index (χ2n) is 2.76. The fraction of sp³-hybridized carbons (Fsp3) is 0.182. The van der Waals surface area contributed by atoms with E-state index < -0.39 is 0 Å². The first-order valence-corrected chi connectivity index (χ1v) is 4.29. The average Bonchev–Trinajstić information content (AvgIpc) is 2.19. The lowest BCUT2D eigenvalue weighted by Gasteiger charge is -1.96. The Morgan fingerprint density at radius 3 is 2.62 bits per heavy atom. The third-order valence-corrected chi connectivity index (χ3v) is 1.77. The van der Waals surface area contributed by atoms with Gasteiger partial charge in [-0.2, -0.15) is 0 Å². The number of rotatable bonds is 4. The van der Waals surface area contributed by atoms with Crippen LogP contribution in [0.15, 0.2) is 42.6 Å². The van der Waals surface area contributed by atoms with Gasteiger partial charge in [0.05, 0.1) is 0 Å². The van der Waals surface area contributed by atoms with Crippen molar-refractivity contribution >= 4 is 5.78 Å². The molecule has 2 N–H and O–H groups in total. The number of allylic oxidation sites excluding steroid dienone is 1.